The topological polar surface area (TPSA) is 113 Å². The van der Waals surface area contributed by atoms with Crippen LogP contribution in [-0.2, 0) is 0 Å². The van der Waals surface area contributed by atoms with Gasteiger partial charge in [0.15, 0.2) is 0 Å². The molecule has 3 N–H and O–H groups in total. The maximum absolute atomic E-state index is 12.7. The molecule has 5 aromatic rings. The molecule has 0 spiro atoms. The Morgan fingerprint density at radius 1 is 1.21 bits per heavy atom. The van der Waals surface area contributed by atoms with E-state index in [1.807, 2.05) is 24.5 Å². The van der Waals surface area contributed by atoms with Gasteiger partial charge >= 0.3 is 0 Å². The lowest BCUT2D eigenvalue weighted by atomic mass is 10.1. The van der Waals surface area contributed by atoms with Crippen molar-refractivity contribution < 1.29 is 4.79 Å². The Morgan fingerprint density at radius 3 is 2.97 bits per heavy atom. The number of nitrogens with zero attached hydrogens (tertiary/aromatic N) is 5. The molecular formula is C20H16N8O. The standard InChI is InChI=1S/C20H16N8O/c1-21-20-24-10-15-14(9-23-18(15)27-20)12-4-6-28-17(7-12)16(11-25-28)19(29)26-13-3-2-5-22-8-13/h2-11H,1H3,(H,26,29)(H2,21,23,24,27). The molecule has 29 heavy (non-hydrogen) atoms. The minimum atomic E-state index is -0.244. The van der Waals surface area contributed by atoms with Gasteiger partial charge in [0.1, 0.15) is 5.65 Å². The van der Waals surface area contributed by atoms with Crippen LogP contribution in [-0.4, -0.2) is 42.5 Å². The maximum atomic E-state index is 12.7. The lowest BCUT2D eigenvalue weighted by Gasteiger charge is -2.05. The van der Waals surface area contributed by atoms with Crippen molar-refractivity contribution in [2.45, 2.75) is 0 Å². The Hall–Kier alpha value is -4.27. The molecule has 9 heteroatoms. The summed E-state index contributed by atoms with van der Waals surface area (Å²) in [4.78, 5) is 28.7. The van der Waals surface area contributed by atoms with Crippen LogP contribution < -0.4 is 10.6 Å². The summed E-state index contributed by atoms with van der Waals surface area (Å²) in [5.74, 6) is 0.303. The molecule has 0 fully saturated rings. The van der Waals surface area contributed by atoms with Gasteiger partial charge in [0, 0.05) is 42.8 Å². The summed E-state index contributed by atoms with van der Waals surface area (Å²) in [7, 11) is 1.77. The van der Waals surface area contributed by atoms with E-state index < -0.39 is 0 Å². The summed E-state index contributed by atoms with van der Waals surface area (Å²) in [6, 6.07) is 7.42. The minimum absolute atomic E-state index is 0.244. The zero-order valence-electron chi connectivity index (χ0n) is 15.4. The number of amides is 1. The Balaban J connectivity index is 1.55. The van der Waals surface area contributed by atoms with Crippen molar-refractivity contribution in [1.29, 1.82) is 0 Å². The summed E-state index contributed by atoms with van der Waals surface area (Å²) in [6.45, 7) is 0. The van der Waals surface area contributed by atoms with Gasteiger partial charge < -0.3 is 15.6 Å². The number of carbonyl (C=O) groups is 1. The first kappa shape index (κ1) is 16.9. The van der Waals surface area contributed by atoms with E-state index in [1.54, 1.807) is 48.5 Å². The molecule has 5 aromatic heterocycles. The van der Waals surface area contributed by atoms with Crippen LogP contribution in [0.25, 0.3) is 27.7 Å². The molecule has 0 aromatic carbocycles. The number of anilines is 2. The summed E-state index contributed by atoms with van der Waals surface area (Å²) in [5, 5.41) is 11.0. The first-order valence-electron chi connectivity index (χ1n) is 8.94. The van der Waals surface area contributed by atoms with Crippen LogP contribution in [0.1, 0.15) is 10.4 Å². The van der Waals surface area contributed by atoms with E-state index in [0.29, 0.717) is 22.7 Å². The smallest absolute Gasteiger partial charge is 0.259 e. The van der Waals surface area contributed by atoms with Gasteiger partial charge in [-0.1, -0.05) is 0 Å². The highest BCUT2D eigenvalue weighted by molar-refractivity contribution is 6.09. The third-order valence-electron chi connectivity index (χ3n) is 4.65. The van der Waals surface area contributed by atoms with E-state index in [4.69, 9.17) is 0 Å². The number of hydrogen-bond acceptors (Lipinski definition) is 6. The van der Waals surface area contributed by atoms with E-state index in [9.17, 15) is 4.79 Å². The number of aromatic nitrogens is 6. The van der Waals surface area contributed by atoms with Gasteiger partial charge in [0.25, 0.3) is 5.91 Å². The second kappa shape index (κ2) is 6.71. The molecule has 0 aliphatic rings. The lowest BCUT2D eigenvalue weighted by molar-refractivity contribution is 0.102. The molecule has 5 rings (SSSR count). The molecule has 0 unspecified atom stereocenters. The molecule has 0 aliphatic carbocycles. The van der Waals surface area contributed by atoms with Crippen molar-refractivity contribution in [1.82, 2.24) is 29.5 Å². The highest BCUT2D eigenvalue weighted by atomic mass is 16.1. The largest absolute Gasteiger partial charge is 0.357 e. The molecule has 1 amide bonds. The normalized spacial score (nSPS) is 11.1. The van der Waals surface area contributed by atoms with Crippen molar-refractivity contribution in [2.75, 3.05) is 17.7 Å². The minimum Gasteiger partial charge on any atom is -0.357 e. The zero-order chi connectivity index (χ0) is 19.8. The Bertz CT molecular complexity index is 1340. The molecule has 9 nitrogen and oxygen atoms in total. The molecule has 0 radical (unpaired) electrons. The average Bonchev–Trinajstić information content (AvgIpc) is 3.37. The number of nitrogens with one attached hydrogen (secondary N) is 3. The van der Waals surface area contributed by atoms with Crippen LogP contribution >= 0.6 is 0 Å². The number of aromatic amines is 1. The van der Waals surface area contributed by atoms with Crippen molar-refractivity contribution in [3.8, 4) is 11.1 Å². The first-order valence-corrected chi connectivity index (χ1v) is 8.94. The van der Waals surface area contributed by atoms with Gasteiger partial charge in [-0.25, -0.2) is 9.50 Å². The summed E-state index contributed by atoms with van der Waals surface area (Å²) >= 11 is 0. The second-order valence-electron chi connectivity index (χ2n) is 6.41. The fourth-order valence-corrected chi connectivity index (χ4v) is 3.22. The van der Waals surface area contributed by atoms with Crippen LogP contribution in [0.5, 0.6) is 0 Å². The number of pyridine rings is 2. The number of carbonyl (C=O) groups excluding carboxylic acids is 1. The van der Waals surface area contributed by atoms with Gasteiger partial charge in [-0.05, 0) is 29.8 Å². The summed E-state index contributed by atoms with van der Waals surface area (Å²) in [6.07, 6.45) is 10.3. The predicted octanol–water partition coefficient (Wildman–Crippen LogP) is 2.96. The predicted molar refractivity (Wildman–Crippen MR) is 110 cm³/mol. The highest BCUT2D eigenvalue weighted by Gasteiger charge is 2.15. The molecular weight excluding hydrogens is 368 g/mol. The summed E-state index contributed by atoms with van der Waals surface area (Å²) < 4.78 is 1.67. The van der Waals surface area contributed by atoms with Crippen molar-refractivity contribution in [3.05, 3.63) is 67.0 Å². The quantitative estimate of drug-likeness (QED) is 0.439. The van der Waals surface area contributed by atoms with E-state index >= 15 is 0 Å². The van der Waals surface area contributed by atoms with Gasteiger partial charge in [-0.2, -0.15) is 10.1 Å². The monoisotopic (exact) mass is 384 g/mol. The van der Waals surface area contributed by atoms with E-state index in [-0.39, 0.29) is 5.91 Å². The number of hydrogen-bond donors (Lipinski definition) is 3. The SMILES string of the molecule is CNc1ncc2c(-c3ccn4ncc(C(=O)Nc5cccnc5)c4c3)c[nH]c2n1. The number of H-pyrrole nitrogens is 1. The van der Waals surface area contributed by atoms with Crippen molar-refractivity contribution >= 4 is 34.1 Å². The Morgan fingerprint density at radius 2 is 2.14 bits per heavy atom. The third kappa shape index (κ3) is 2.94. The highest BCUT2D eigenvalue weighted by Crippen LogP contribution is 2.29. The maximum Gasteiger partial charge on any atom is 0.259 e. The second-order valence-corrected chi connectivity index (χ2v) is 6.41. The molecule has 0 aliphatic heterocycles. The summed E-state index contributed by atoms with van der Waals surface area (Å²) in [5.41, 5.74) is 4.42. The van der Waals surface area contributed by atoms with Gasteiger partial charge in [-0.15, -0.1) is 0 Å². The van der Waals surface area contributed by atoms with Crippen molar-refractivity contribution in [3.63, 3.8) is 0 Å². The molecule has 0 atom stereocenters. The Labute approximate surface area is 164 Å². The zero-order valence-corrected chi connectivity index (χ0v) is 15.4. The van der Waals surface area contributed by atoms with Gasteiger partial charge in [-0.3, -0.25) is 9.78 Å². The number of fused-ring (bicyclic) bond motifs is 2. The van der Waals surface area contributed by atoms with E-state index in [2.05, 4.69) is 35.7 Å². The molecule has 0 saturated carbocycles. The Kier molecular flexibility index (Phi) is 3.91. The van der Waals surface area contributed by atoms with Gasteiger partial charge in [0.05, 0.1) is 29.2 Å². The van der Waals surface area contributed by atoms with Crippen LogP contribution in [0, 0.1) is 0 Å². The third-order valence-corrected chi connectivity index (χ3v) is 4.65. The van der Waals surface area contributed by atoms with E-state index in [1.165, 1.54) is 0 Å². The average molecular weight is 384 g/mol. The fourth-order valence-electron chi connectivity index (χ4n) is 3.22. The van der Waals surface area contributed by atoms with Crippen molar-refractivity contribution in [2.24, 2.45) is 0 Å². The van der Waals surface area contributed by atoms with Crippen LogP contribution in [0.2, 0.25) is 0 Å². The first-order chi connectivity index (χ1) is 14.2. The van der Waals surface area contributed by atoms with Crippen LogP contribution in [0.4, 0.5) is 11.6 Å². The van der Waals surface area contributed by atoms with Crippen LogP contribution in [0.3, 0.4) is 0 Å². The lowest BCUT2D eigenvalue weighted by Crippen LogP contribution is -2.11. The van der Waals surface area contributed by atoms with E-state index in [0.717, 1.165) is 22.2 Å². The molecule has 0 saturated heterocycles. The number of rotatable bonds is 4. The fraction of sp³-hybridized carbons (Fsp3) is 0.0500. The van der Waals surface area contributed by atoms with Gasteiger partial charge in [0.2, 0.25) is 5.95 Å². The molecule has 0 bridgehead atoms. The molecule has 142 valence electrons. The van der Waals surface area contributed by atoms with Crippen LogP contribution in [0.15, 0.2) is 61.4 Å². The molecule has 5 heterocycles.